The van der Waals surface area contributed by atoms with Crippen molar-refractivity contribution >= 4 is 11.6 Å². The Balaban J connectivity index is 2.67. The highest BCUT2D eigenvalue weighted by molar-refractivity contribution is 5.74. The van der Waals surface area contributed by atoms with Crippen molar-refractivity contribution in [2.24, 2.45) is 11.5 Å². The number of rotatable bonds is 7. The van der Waals surface area contributed by atoms with Gasteiger partial charge in [0.2, 0.25) is 5.91 Å². The van der Waals surface area contributed by atoms with Crippen molar-refractivity contribution in [3.05, 3.63) is 29.8 Å². The van der Waals surface area contributed by atoms with Crippen molar-refractivity contribution in [3.8, 4) is 0 Å². The van der Waals surface area contributed by atoms with Crippen LogP contribution in [0.4, 0.5) is 5.69 Å². The van der Waals surface area contributed by atoms with E-state index >= 15 is 0 Å². The molecule has 1 aromatic carbocycles. The van der Waals surface area contributed by atoms with Crippen LogP contribution in [0.2, 0.25) is 0 Å². The fourth-order valence-electron chi connectivity index (χ4n) is 1.65. The van der Waals surface area contributed by atoms with Gasteiger partial charge >= 0.3 is 0 Å². The van der Waals surface area contributed by atoms with Crippen molar-refractivity contribution in [3.63, 3.8) is 0 Å². The van der Waals surface area contributed by atoms with Crippen LogP contribution in [0.1, 0.15) is 18.4 Å². The number of nitrogens with two attached hydrogens (primary N) is 2. The Morgan fingerprint density at radius 3 is 2.41 bits per heavy atom. The van der Waals surface area contributed by atoms with E-state index in [2.05, 4.69) is 36.1 Å². The molecule has 0 spiro atoms. The molecule has 1 aromatic rings. The first kappa shape index (κ1) is 13.5. The Morgan fingerprint density at radius 2 is 1.88 bits per heavy atom. The van der Waals surface area contributed by atoms with Gasteiger partial charge in [-0.05, 0) is 32.0 Å². The second-order valence-corrected chi connectivity index (χ2v) is 4.18. The molecular formula is C13H21N3O. The molecule has 17 heavy (non-hydrogen) atoms. The fourth-order valence-corrected chi connectivity index (χ4v) is 1.65. The summed E-state index contributed by atoms with van der Waals surface area (Å²) < 4.78 is 0. The van der Waals surface area contributed by atoms with Gasteiger partial charge in [0, 0.05) is 25.2 Å². The lowest BCUT2D eigenvalue weighted by Crippen LogP contribution is -2.30. The van der Waals surface area contributed by atoms with Crippen LogP contribution >= 0.6 is 0 Å². The van der Waals surface area contributed by atoms with Gasteiger partial charge in [-0.1, -0.05) is 17.7 Å². The standard InChI is InChI=1S/C13H21N3O/c1-11-3-5-12(6-4-11)16(9-2-8-14)10-7-13(15)17/h3-6H,2,7-10,14H2,1H3,(H2,15,17). The van der Waals surface area contributed by atoms with Crippen molar-refractivity contribution in [2.45, 2.75) is 19.8 Å². The zero-order valence-corrected chi connectivity index (χ0v) is 10.4. The van der Waals surface area contributed by atoms with Crippen molar-refractivity contribution in [1.82, 2.24) is 0 Å². The number of nitrogens with zero attached hydrogens (tertiary/aromatic N) is 1. The van der Waals surface area contributed by atoms with E-state index in [0.717, 1.165) is 18.7 Å². The molecule has 94 valence electrons. The molecule has 0 unspecified atom stereocenters. The first-order chi connectivity index (χ1) is 8.13. The molecule has 0 aliphatic rings. The van der Waals surface area contributed by atoms with Gasteiger partial charge in [0.25, 0.3) is 0 Å². The van der Waals surface area contributed by atoms with Crippen LogP contribution in [0.25, 0.3) is 0 Å². The lowest BCUT2D eigenvalue weighted by Gasteiger charge is -2.24. The highest BCUT2D eigenvalue weighted by atomic mass is 16.1. The molecule has 0 saturated heterocycles. The second-order valence-electron chi connectivity index (χ2n) is 4.18. The van der Waals surface area contributed by atoms with Gasteiger partial charge in [0.15, 0.2) is 0 Å². The third kappa shape index (κ3) is 4.87. The number of primary amides is 1. The second kappa shape index (κ2) is 6.91. The fraction of sp³-hybridized carbons (Fsp3) is 0.462. The van der Waals surface area contributed by atoms with Crippen molar-refractivity contribution < 1.29 is 4.79 Å². The summed E-state index contributed by atoms with van der Waals surface area (Å²) in [5, 5.41) is 0. The van der Waals surface area contributed by atoms with Crippen LogP contribution in [0, 0.1) is 6.92 Å². The molecule has 0 radical (unpaired) electrons. The molecule has 4 heteroatoms. The van der Waals surface area contributed by atoms with Gasteiger partial charge < -0.3 is 16.4 Å². The minimum absolute atomic E-state index is 0.269. The van der Waals surface area contributed by atoms with Gasteiger partial charge in [-0.15, -0.1) is 0 Å². The van der Waals surface area contributed by atoms with Crippen molar-refractivity contribution in [1.29, 1.82) is 0 Å². The Labute approximate surface area is 103 Å². The molecule has 0 bridgehead atoms. The number of hydrogen-bond acceptors (Lipinski definition) is 3. The van der Waals surface area contributed by atoms with Crippen LogP contribution in [0.15, 0.2) is 24.3 Å². The monoisotopic (exact) mass is 235 g/mol. The molecule has 0 saturated carbocycles. The highest BCUT2D eigenvalue weighted by Gasteiger charge is 2.07. The zero-order chi connectivity index (χ0) is 12.7. The molecular weight excluding hydrogens is 214 g/mol. The van der Waals surface area contributed by atoms with Gasteiger partial charge in [-0.3, -0.25) is 4.79 Å². The average molecular weight is 235 g/mol. The van der Waals surface area contributed by atoms with E-state index in [1.807, 2.05) is 0 Å². The van der Waals surface area contributed by atoms with E-state index in [-0.39, 0.29) is 5.91 Å². The molecule has 0 aromatic heterocycles. The highest BCUT2D eigenvalue weighted by Crippen LogP contribution is 2.15. The average Bonchev–Trinajstić information content (AvgIpc) is 2.30. The number of hydrogen-bond donors (Lipinski definition) is 2. The molecule has 4 nitrogen and oxygen atoms in total. The van der Waals surface area contributed by atoms with Crippen LogP contribution in [0.5, 0.6) is 0 Å². The van der Waals surface area contributed by atoms with Crippen LogP contribution in [-0.2, 0) is 4.79 Å². The van der Waals surface area contributed by atoms with Crippen LogP contribution in [-0.4, -0.2) is 25.5 Å². The number of aryl methyl sites for hydroxylation is 1. The predicted octanol–water partition coefficient (Wildman–Crippen LogP) is 1.03. The minimum atomic E-state index is -0.269. The Bertz CT molecular complexity index is 348. The number of amides is 1. The van der Waals surface area contributed by atoms with Crippen molar-refractivity contribution in [2.75, 3.05) is 24.5 Å². The summed E-state index contributed by atoms with van der Waals surface area (Å²) in [5.41, 5.74) is 13.0. The Hall–Kier alpha value is -1.55. The summed E-state index contributed by atoms with van der Waals surface area (Å²) in [7, 11) is 0. The smallest absolute Gasteiger partial charge is 0.219 e. The summed E-state index contributed by atoms with van der Waals surface area (Å²) in [6.45, 7) is 4.21. The summed E-state index contributed by atoms with van der Waals surface area (Å²) in [4.78, 5) is 13.0. The maximum absolute atomic E-state index is 10.8. The SMILES string of the molecule is Cc1ccc(N(CCCN)CCC(N)=O)cc1. The molecule has 0 atom stereocenters. The van der Waals surface area contributed by atoms with E-state index in [1.165, 1.54) is 5.56 Å². The zero-order valence-electron chi connectivity index (χ0n) is 10.4. The minimum Gasteiger partial charge on any atom is -0.371 e. The van der Waals surface area contributed by atoms with Gasteiger partial charge in [0.1, 0.15) is 0 Å². The van der Waals surface area contributed by atoms with Crippen LogP contribution < -0.4 is 16.4 Å². The van der Waals surface area contributed by atoms with Gasteiger partial charge in [-0.25, -0.2) is 0 Å². The molecule has 0 fully saturated rings. The molecule has 0 aliphatic carbocycles. The first-order valence-electron chi connectivity index (χ1n) is 5.93. The lowest BCUT2D eigenvalue weighted by molar-refractivity contribution is -0.117. The molecule has 1 rings (SSSR count). The largest absolute Gasteiger partial charge is 0.371 e. The number of benzene rings is 1. The number of carbonyl (C=O) groups excluding carboxylic acids is 1. The topological polar surface area (TPSA) is 72.3 Å². The van der Waals surface area contributed by atoms with E-state index < -0.39 is 0 Å². The van der Waals surface area contributed by atoms with E-state index in [0.29, 0.717) is 19.5 Å². The van der Waals surface area contributed by atoms with Crippen LogP contribution in [0.3, 0.4) is 0 Å². The maximum atomic E-state index is 10.8. The molecule has 4 N–H and O–H groups in total. The summed E-state index contributed by atoms with van der Waals surface area (Å²) in [6.07, 6.45) is 1.28. The first-order valence-corrected chi connectivity index (χ1v) is 5.93. The number of carbonyl (C=O) groups is 1. The predicted molar refractivity (Wildman–Crippen MR) is 70.9 cm³/mol. The quantitative estimate of drug-likeness (QED) is 0.741. The Morgan fingerprint density at radius 1 is 1.24 bits per heavy atom. The number of anilines is 1. The van der Waals surface area contributed by atoms with E-state index in [9.17, 15) is 4.79 Å². The molecule has 1 amide bonds. The van der Waals surface area contributed by atoms with Gasteiger partial charge in [0.05, 0.1) is 0 Å². The third-order valence-electron chi connectivity index (χ3n) is 2.66. The molecule has 0 aliphatic heterocycles. The maximum Gasteiger partial charge on any atom is 0.219 e. The third-order valence-corrected chi connectivity index (χ3v) is 2.66. The summed E-state index contributed by atoms with van der Waals surface area (Å²) in [5.74, 6) is -0.269. The lowest BCUT2D eigenvalue weighted by atomic mass is 10.2. The van der Waals surface area contributed by atoms with Gasteiger partial charge in [-0.2, -0.15) is 0 Å². The molecule has 0 heterocycles. The van der Waals surface area contributed by atoms with E-state index in [1.54, 1.807) is 0 Å². The van der Waals surface area contributed by atoms with E-state index in [4.69, 9.17) is 11.5 Å². The normalized spacial score (nSPS) is 10.2. The summed E-state index contributed by atoms with van der Waals surface area (Å²) >= 11 is 0. The Kier molecular flexibility index (Phi) is 5.49. The summed E-state index contributed by atoms with van der Waals surface area (Å²) in [6, 6.07) is 8.25.